The molecule has 0 aromatic heterocycles. The summed E-state index contributed by atoms with van der Waals surface area (Å²) >= 11 is 0. The normalized spacial score (nSPS) is 19.9. The molecule has 0 saturated carbocycles. The van der Waals surface area contributed by atoms with Crippen molar-refractivity contribution >= 4 is 0 Å². The molecule has 14 heavy (non-hydrogen) atoms. The summed E-state index contributed by atoms with van der Waals surface area (Å²) in [5.41, 5.74) is 1.12. The second-order valence-corrected chi connectivity index (χ2v) is 3.61. The number of phenolic OH excluding ortho intramolecular Hbond substituents is 1. The second kappa shape index (κ2) is 3.88. The Bertz CT molecular complexity index is 325. The van der Waals surface area contributed by atoms with Crippen molar-refractivity contribution in [2.75, 3.05) is 20.2 Å². The number of likely N-dealkylation sites (N-methyl/N-ethyl adjacent to an activating group) is 1. The van der Waals surface area contributed by atoms with E-state index in [-0.39, 0.29) is 0 Å². The molecule has 1 aliphatic rings. The van der Waals surface area contributed by atoms with E-state index in [2.05, 4.69) is 5.32 Å². The monoisotopic (exact) mass is 193 g/mol. The fourth-order valence-electron chi connectivity index (χ4n) is 1.91. The smallest absolute Gasteiger partial charge is 0.123 e. The van der Waals surface area contributed by atoms with E-state index in [1.54, 1.807) is 12.1 Å². The minimum absolute atomic E-state index is 0.315. The van der Waals surface area contributed by atoms with Gasteiger partial charge in [-0.05, 0) is 31.7 Å². The summed E-state index contributed by atoms with van der Waals surface area (Å²) in [6, 6.07) is 5.31. The van der Waals surface area contributed by atoms with Crippen molar-refractivity contribution in [3.8, 4) is 11.5 Å². The van der Waals surface area contributed by atoms with Crippen LogP contribution in [0, 0.1) is 0 Å². The van der Waals surface area contributed by atoms with E-state index in [1.807, 2.05) is 13.1 Å². The van der Waals surface area contributed by atoms with E-state index < -0.39 is 0 Å². The number of rotatable bonds is 2. The molecule has 0 spiro atoms. The van der Waals surface area contributed by atoms with Crippen LogP contribution in [0.25, 0.3) is 0 Å². The van der Waals surface area contributed by atoms with E-state index in [0.717, 1.165) is 30.9 Å². The van der Waals surface area contributed by atoms with Gasteiger partial charge >= 0.3 is 0 Å². The highest BCUT2D eigenvalue weighted by molar-refractivity contribution is 5.43. The predicted octanol–water partition coefficient (Wildman–Crippen LogP) is 1.48. The molecule has 3 nitrogen and oxygen atoms in total. The molecule has 1 aromatic carbocycles. The van der Waals surface area contributed by atoms with Gasteiger partial charge in [-0.25, -0.2) is 0 Å². The van der Waals surface area contributed by atoms with Crippen LogP contribution in [-0.4, -0.2) is 25.3 Å². The van der Waals surface area contributed by atoms with Gasteiger partial charge in [-0.15, -0.1) is 0 Å². The molecule has 1 aromatic rings. The Kier molecular flexibility index (Phi) is 2.59. The minimum Gasteiger partial charge on any atom is -0.508 e. The van der Waals surface area contributed by atoms with Crippen LogP contribution >= 0.6 is 0 Å². The molecule has 0 saturated heterocycles. The topological polar surface area (TPSA) is 41.5 Å². The largest absolute Gasteiger partial charge is 0.508 e. The van der Waals surface area contributed by atoms with Crippen molar-refractivity contribution in [1.82, 2.24) is 5.32 Å². The lowest BCUT2D eigenvalue weighted by molar-refractivity contribution is 0.265. The third kappa shape index (κ3) is 1.68. The third-order valence-corrected chi connectivity index (χ3v) is 2.61. The van der Waals surface area contributed by atoms with Crippen LogP contribution in [0.5, 0.6) is 11.5 Å². The minimum atomic E-state index is 0.315. The molecule has 0 fully saturated rings. The van der Waals surface area contributed by atoms with E-state index in [0.29, 0.717) is 11.7 Å². The lowest BCUT2D eigenvalue weighted by Crippen LogP contribution is -2.23. The van der Waals surface area contributed by atoms with E-state index in [1.165, 1.54) is 0 Å². The molecule has 0 amide bonds. The van der Waals surface area contributed by atoms with Gasteiger partial charge in [0.25, 0.3) is 0 Å². The van der Waals surface area contributed by atoms with Crippen LogP contribution in [0.15, 0.2) is 18.2 Å². The van der Waals surface area contributed by atoms with Gasteiger partial charge in [-0.1, -0.05) is 0 Å². The van der Waals surface area contributed by atoms with Gasteiger partial charge in [0.05, 0.1) is 6.61 Å². The molecule has 1 unspecified atom stereocenters. The van der Waals surface area contributed by atoms with Crippen LogP contribution in [0.1, 0.15) is 17.9 Å². The lowest BCUT2D eigenvalue weighted by Gasteiger charge is -2.25. The van der Waals surface area contributed by atoms with Crippen LogP contribution in [0.2, 0.25) is 0 Å². The first kappa shape index (κ1) is 9.34. The van der Waals surface area contributed by atoms with E-state index in [9.17, 15) is 5.11 Å². The summed E-state index contributed by atoms with van der Waals surface area (Å²) < 4.78 is 5.52. The maximum absolute atomic E-state index is 9.40. The highest BCUT2D eigenvalue weighted by Crippen LogP contribution is 2.35. The number of ether oxygens (including phenoxy) is 1. The summed E-state index contributed by atoms with van der Waals surface area (Å²) in [5.74, 6) is 1.68. The Morgan fingerprint density at radius 2 is 2.43 bits per heavy atom. The molecular formula is C11H15NO2. The number of aromatic hydroxyl groups is 1. The molecule has 1 heterocycles. The average molecular weight is 193 g/mol. The maximum Gasteiger partial charge on any atom is 0.123 e. The number of benzene rings is 1. The van der Waals surface area contributed by atoms with Gasteiger partial charge in [0.1, 0.15) is 11.5 Å². The van der Waals surface area contributed by atoms with Crippen LogP contribution in [0.4, 0.5) is 0 Å². The van der Waals surface area contributed by atoms with Crippen molar-refractivity contribution in [3.05, 3.63) is 23.8 Å². The number of hydrogen-bond acceptors (Lipinski definition) is 3. The van der Waals surface area contributed by atoms with Gasteiger partial charge in [0, 0.05) is 18.0 Å². The molecule has 0 aliphatic carbocycles. The second-order valence-electron chi connectivity index (χ2n) is 3.61. The fraction of sp³-hybridized carbons (Fsp3) is 0.455. The summed E-state index contributed by atoms with van der Waals surface area (Å²) in [7, 11) is 1.94. The van der Waals surface area contributed by atoms with Crippen molar-refractivity contribution in [1.29, 1.82) is 0 Å². The van der Waals surface area contributed by atoms with Crippen molar-refractivity contribution < 1.29 is 9.84 Å². The van der Waals surface area contributed by atoms with Gasteiger partial charge in [0.15, 0.2) is 0 Å². The number of phenols is 1. The quantitative estimate of drug-likeness (QED) is 0.747. The lowest BCUT2D eigenvalue weighted by atomic mass is 9.93. The fourth-order valence-corrected chi connectivity index (χ4v) is 1.91. The Hall–Kier alpha value is -1.22. The van der Waals surface area contributed by atoms with Gasteiger partial charge in [-0.2, -0.15) is 0 Å². The molecule has 1 aliphatic heterocycles. The number of hydrogen-bond donors (Lipinski definition) is 2. The average Bonchev–Trinajstić information content (AvgIpc) is 2.19. The van der Waals surface area contributed by atoms with Crippen LogP contribution in [0.3, 0.4) is 0 Å². The third-order valence-electron chi connectivity index (χ3n) is 2.61. The van der Waals surface area contributed by atoms with Gasteiger partial charge < -0.3 is 15.2 Å². The van der Waals surface area contributed by atoms with Crippen molar-refractivity contribution in [2.24, 2.45) is 0 Å². The maximum atomic E-state index is 9.40. The van der Waals surface area contributed by atoms with E-state index >= 15 is 0 Å². The Morgan fingerprint density at radius 3 is 3.21 bits per heavy atom. The first-order valence-electron chi connectivity index (χ1n) is 4.91. The molecule has 3 heteroatoms. The molecule has 1 atom stereocenters. The first-order valence-corrected chi connectivity index (χ1v) is 4.91. The summed E-state index contributed by atoms with van der Waals surface area (Å²) in [5, 5.41) is 12.6. The zero-order valence-electron chi connectivity index (χ0n) is 8.29. The highest BCUT2D eigenvalue weighted by Gasteiger charge is 2.20. The van der Waals surface area contributed by atoms with Crippen molar-refractivity contribution in [3.63, 3.8) is 0 Å². The van der Waals surface area contributed by atoms with Gasteiger partial charge in [0.2, 0.25) is 0 Å². The Labute approximate surface area is 83.7 Å². The molecule has 0 radical (unpaired) electrons. The highest BCUT2D eigenvalue weighted by atomic mass is 16.5. The Balaban J connectivity index is 2.32. The predicted molar refractivity (Wildman–Crippen MR) is 54.9 cm³/mol. The van der Waals surface area contributed by atoms with Crippen LogP contribution < -0.4 is 10.1 Å². The molecule has 0 bridgehead atoms. The summed E-state index contributed by atoms with van der Waals surface area (Å²) in [4.78, 5) is 0. The summed E-state index contributed by atoms with van der Waals surface area (Å²) in [6.45, 7) is 1.70. The van der Waals surface area contributed by atoms with Gasteiger partial charge in [-0.3, -0.25) is 0 Å². The molecular weight excluding hydrogens is 178 g/mol. The van der Waals surface area contributed by atoms with Crippen LogP contribution in [-0.2, 0) is 0 Å². The van der Waals surface area contributed by atoms with Crippen molar-refractivity contribution in [2.45, 2.75) is 12.3 Å². The zero-order chi connectivity index (χ0) is 9.97. The molecule has 2 rings (SSSR count). The first-order chi connectivity index (χ1) is 6.81. The summed E-state index contributed by atoms with van der Waals surface area (Å²) in [6.07, 6.45) is 1.01. The molecule has 76 valence electrons. The zero-order valence-corrected chi connectivity index (χ0v) is 8.29. The van der Waals surface area contributed by atoms with E-state index in [4.69, 9.17) is 4.74 Å². The number of fused-ring (bicyclic) bond motifs is 1. The SMILES string of the molecule is CNCC1CCOc2ccc(O)cc21. The standard InChI is InChI=1S/C11H15NO2/c1-12-7-8-4-5-14-11-3-2-9(13)6-10(8)11/h2-3,6,8,12-13H,4-5,7H2,1H3. The number of nitrogens with one attached hydrogen (secondary N) is 1. The Morgan fingerprint density at radius 1 is 1.57 bits per heavy atom. The molecule has 2 N–H and O–H groups in total.